The van der Waals surface area contributed by atoms with Gasteiger partial charge in [0.1, 0.15) is 12.5 Å². The van der Waals surface area contributed by atoms with Crippen molar-refractivity contribution in [1.29, 1.82) is 0 Å². The first kappa shape index (κ1) is 17.4. The summed E-state index contributed by atoms with van der Waals surface area (Å²) in [5, 5.41) is 0. The number of phosphoric ester groups is 1. The van der Waals surface area contributed by atoms with Crippen LogP contribution < -0.4 is 9.64 Å². The number of nitrogens with zero attached hydrogens (tertiary/aromatic N) is 1. The molecular formula is C16H22NO6P. The van der Waals surface area contributed by atoms with Crippen LogP contribution in [0.3, 0.4) is 0 Å². The van der Waals surface area contributed by atoms with E-state index in [1.165, 1.54) is 4.90 Å². The van der Waals surface area contributed by atoms with Crippen molar-refractivity contribution >= 4 is 19.4 Å². The van der Waals surface area contributed by atoms with Crippen LogP contribution in [-0.2, 0) is 19.3 Å². The lowest BCUT2D eigenvalue weighted by molar-refractivity contribution is -0.144. The van der Waals surface area contributed by atoms with E-state index in [-0.39, 0.29) is 11.3 Å². The molecule has 2 N–H and O–H groups in total. The molecule has 24 heavy (non-hydrogen) atoms. The van der Waals surface area contributed by atoms with E-state index in [1.807, 2.05) is 39.0 Å². The minimum absolute atomic E-state index is 0.139. The van der Waals surface area contributed by atoms with Gasteiger partial charge in [-0.15, -0.1) is 0 Å². The fourth-order valence-electron chi connectivity index (χ4n) is 2.97. The van der Waals surface area contributed by atoms with Crippen molar-refractivity contribution in [3.8, 4) is 5.75 Å². The summed E-state index contributed by atoms with van der Waals surface area (Å²) in [6.07, 6.45) is 2.08. The molecule has 1 saturated carbocycles. The van der Waals surface area contributed by atoms with Gasteiger partial charge >= 0.3 is 7.82 Å². The van der Waals surface area contributed by atoms with Gasteiger partial charge in [-0.1, -0.05) is 26.8 Å². The third-order valence-electron chi connectivity index (χ3n) is 4.57. The fourth-order valence-corrected chi connectivity index (χ4v) is 3.23. The first-order valence-corrected chi connectivity index (χ1v) is 9.41. The molecule has 1 amide bonds. The SMILES string of the molecule is CC(C)(C)c1ccc2c(c1)N(COP(=O)(O)O)C(=O)C1(CCC1)O2. The molecule has 7 nitrogen and oxygen atoms in total. The lowest BCUT2D eigenvalue weighted by Crippen LogP contribution is -2.60. The van der Waals surface area contributed by atoms with Crippen LogP contribution in [0, 0.1) is 0 Å². The largest absolute Gasteiger partial charge is 0.475 e. The Labute approximate surface area is 140 Å². The standard InChI is InChI=1S/C16H22NO6P/c1-15(2,3)11-5-6-13-12(9-11)17(10-22-24(19,20)21)14(18)16(23-13)7-4-8-16/h5-6,9H,4,7-8,10H2,1-3H3,(H2,19,20,21). The predicted octanol–water partition coefficient (Wildman–Crippen LogP) is 2.70. The second-order valence-electron chi connectivity index (χ2n) is 7.36. The Morgan fingerprint density at radius 2 is 2.00 bits per heavy atom. The van der Waals surface area contributed by atoms with Crippen LogP contribution in [0.15, 0.2) is 18.2 Å². The van der Waals surface area contributed by atoms with Crippen LogP contribution >= 0.6 is 7.82 Å². The van der Waals surface area contributed by atoms with Gasteiger partial charge in [0, 0.05) is 0 Å². The zero-order chi connectivity index (χ0) is 17.8. The number of fused-ring (bicyclic) bond motifs is 1. The van der Waals surface area contributed by atoms with E-state index in [2.05, 4.69) is 4.52 Å². The lowest BCUT2D eigenvalue weighted by Gasteiger charge is -2.47. The summed E-state index contributed by atoms with van der Waals surface area (Å²) >= 11 is 0. The number of hydrogen-bond donors (Lipinski definition) is 2. The molecule has 1 aromatic rings. The zero-order valence-corrected chi connectivity index (χ0v) is 14.9. The van der Waals surface area contributed by atoms with Crippen molar-refractivity contribution in [1.82, 2.24) is 0 Å². The number of phosphoric acid groups is 1. The van der Waals surface area contributed by atoms with Crippen molar-refractivity contribution in [2.45, 2.75) is 51.0 Å². The zero-order valence-electron chi connectivity index (χ0n) is 14.0. The second-order valence-corrected chi connectivity index (χ2v) is 8.60. The van der Waals surface area contributed by atoms with E-state index >= 15 is 0 Å². The summed E-state index contributed by atoms with van der Waals surface area (Å²) in [5.41, 5.74) is 0.412. The van der Waals surface area contributed by atoms with E-state index in [0.717, 1.165) is 12.0 Å². The number of benzene rings is 1. The summed E-state index contributed by atoms with van der Waals surface area (Å²) in [7, 11) is -4.68. The number of carbonyl (C=O) groups is 1. The highest BCUT2D eigenvalue weighted by Gasteiger charge is 2.53. The third kappa shape index (κ3) is 3.09. The second kappa shape index (κ2) is 5.56. The average molecular weight is 355 g/mol. The van der Waals surface area contributed by atoms with Gasteiger partial charge in [0.15, 0.2) is 5.60 Å². The van der Waals surface area contributed by atoms with Crippen molar-refractivity contribution in [3.63, 3.8) is 0 Å². The molecule has 0 bridgehead atoms. The molecule has 1 aliphatic heterocycles. The highest BCUT2D eigenvalue weighted by Crippen LogP contribution is 2.48. The Kier molecular flexibility index (Phi) is 4.04. The Hall–Kier alpha value is -1.40. The number of rotatable bonds is 3. The molecule has 2 aliphatic rings. The molecular weight excluding hydrogens is 333 g/mol. The summed E-state index contributed by atoms with van der Waals surface area (Å²) in [6, 6.07) is 5.58. The molecule has 8 heteroatoms. The smallest absolute Gasteiger partial charge is 0.471 e. The van der Waals surface area contributed by atoms with Gasteiger partial charge in [-0.3, -0.25) is 14.2 Å². The molecule has 1 aromatic carbocycles. The van der Waals surface area contributed by atoms with Crippen LogP contribution in [0.2, 0.25) is 0 Å². The fraction of sp³-hybridized carbons (Fsp3) is 0.562. The summed E-state index contributed by atoms with van der Waals surface area (Å²) in [4.78, 5) is 32.1. The van der Waals surface area contributed by atoms with Crippen LogP contribution in [0.5, 0.6) is 5.75 Å². The number of hydrogen-bond acceptors (Lipinski definition) is 4. The number of amides is 1. The highest BCUT2D eigenvalue weighted by molar-refractivity contribution is 7.46. The Balaban J connectivity index is 2.01. The van der Waals surface area contributed by atoms with Gasteiger partial charge in [-0.2, -0.15) is 0 Å². The molecule has 1 fully saturated rings. The minimum Gasteiger partial charge on any atom is -0.475 e. The van der Waals surface area contributed by atoms with Crippen LogP contribution in [-0.4, -0.2) is 28.0 Å². The summed E-state index contributed by atoms with van der Waals surface area (Å²) in [5.74, 6) is 0.234. The van der Waals surface area contributed by atoms with Crippen LogP contribution in [0.4, 0.5) is 5.69 Å². The Morgan fingerprint density at radius 3 is 2.50 bits per heavy atom. The monoisotopic (exact) mass is 355 g/mol. The van der Waals surface area contributed by atoms with Gasteiger partial charge in [-0.25, -0.2) is 4.57 Å². The molecule has 0 aromatic heterocycles. The maximum Gasteiger partial charge on any atom is 0.471 e. The van der Waals surface area contributed by atoms with Crippen LogP contribution in [0.25, 0.3) is 0 Å². The van der Waals surface area contributed by atoms with Crippen molar-refractivity contribution < 1.29 is 28.4 Å². The van der Waals surface area contributed by atoms with Gasteiger partial charge in [0.05, 0.1) is 5.69 Å². The maximum absolute atomic E-state index is 12.8. The van der Waals surface area contributed by atoms with Gasteiger partial charge in [0.2, 0.25) is 0 Å². The van der Waals surface area contributed by atoms with E-state index in [9.17, 15) is 9.36 Å². The molecule has 1 aliphatic carbocycles. The van der Waals surface area contributed by atoms with E-state index in [0.29, 0.717) is 24.3 Å². The Bertz CT molecular complexity index is 716. The highest BCUT2D eigenvalue weighted by atomic mass is 31.2. The van der Waals surface area contributed by atoms with Crippen molar-refractivity contribution in [2.24, 2.45) is 0 Å². The topological polar surface area (TPSA) is 96.3 Å². The summed E-state index contributed by atoms with van der Waals surface area (Å²) in [6.45, 7) is 5.63. The van der Waals surface area contributed by atoms with Gasteiger partial charge in [0.25, 0.3) is 5.91 Å². The maximum atomic E-state index is 12.8. The Morgan fingerprint density at radius 1 is 1.33 bits per heavy atom. The third-order valence-corrected chi connectivity index (χ3v) is 5.02. The van der Waals surface area contributed by atoms with Crippen molar-refractivity contribution in [3.05, 3.63) is 23.8 Å². The van der Waals surface area contributed by atoms with Gasteiger partial charge < -0.3 is 14.5 Å². The molecule has 0 saturated heterocycles. The lowest BCUT2D eigenvalue weighted by atomic mass is 9.77. The molecule has 0 radical (unpaired) electrons. The molecule has 3 rings (SSSR count). The average Bonchev–Trinajstić information content (AvgIpc) is 2.41. The molecule has 132 valence electrons. The number of carbonyl (C=O) groups excluding carboxylic acids is 1. The van der Waals surface area contributed by atoms with Crippen molar-refractivity contribution in [2.75, 3.05) is 11.6 Å². The number of anilines is 1. The molecule has 0 unspecified atom stereocenters. The summed E-state index contributed by atoms with van der Waals surface area (Å²) < 4.78 is 21.6. The first-order chi connectivity index (χ1) is 11.0. The quantitative estimate of drug-likeness (QED) is 0.810. The molecule has 1 spiro atoms. The molecule has 1 heterocycles. The number of ether oxygens (including phenoxy) is 1. The van der Waals surface area contributed by atoms with E-state index < -0.39 is 20.2 Å². The van der Waals surface area contributed by atoms with E-state index in [4.69, 9.17) is 14.5 Å². The molecule has 0 atom stereocenters. The van der Waals surface area contributed by atoms with Gasteiger partial charge in [-0.05, 0) is 42.4 Å². The normalized spacial score (nSPS) is 19.7. The predicted molar refractivity (Wildman–Crippen MR) is 87.8 cm³/mol. The van der Waals surface area contributed by atoms with E-state index in [1.54, 1.807) is 0 Å². The van der Waals surface area contributed by atoms with Crippen LogP contribution in [0.1, 0.15) is 45.6 Å². The minimum atomic E-state index is -4.68. The first-order valence-electron chi connectivity index (χ1n) is 7.87.